The number of carbonyl (C=O) groups excluding carboxylic acids is 1. The van der Waals surface area contributed by atoms with Crippen molar-refractivity contribution in [3.8, 4) is 0 Å². The molecule has 1 amide bonds. The van der Waals surface area contributed by atoms with Crippen LogP contribution in [0, 0.1) is 27.7 Å². The van der Waals surface area contributed by atoms with E-state index in [1.807, 2.05) is 26.0 Å². The number of aryl methyl sites for hydroxylation is 4. The summed E-state index contributed by atoms with van der Waals surface area (Å²) in [5.41, 5.74) is 6.25. The summed E-state index contributed by atoms with van der Waals surface area (Å²) in [5, 5.41) is 7.14. The number of amides is 1. The van der Waals surface area contributed by atoms with Gasteiger partial charge in [-0.25, -0.2) is 0 Å². The molecule has 3 rings (SSSR count). The molecule has 2 heterocycles. The van der Waals surface area contributed by atoms with Gasteiger partial charge in [-0.15, -0.1) is 0 Å². The van der Waals surface area contributed by atoms with E-state index in [1.54, 1.807) is 12.4 Å². The predicted octanol–water partition coefficient (Wildman–Crippen LogP) is 4.14. The fourth-order valence-electron chi connectivity index (χ4n) is 3.37. The zero-order chi connectivity index (χ0) is 19.4. The first-order valence-electron chi connectivity index (χ1n) is 9.14. The molecule has 27 heavy (non-hydrogen) atoms. The molecule has 0 saturated heterocycles. The van der Waals surface area contributed by atoms with Crippen LogP contribution < -0.4 is 5.32 Å². The van der Waals surface area contributed by atoms with Gasteiger partial charge in [0.2, 0.25) is 5.91 Å². The molecule has 0 saturated carbocycles. The molecule has 3 aromatic rings. The standard InChI is InChI=1S/C22H25N3O2/c1-14-7-8-19(15(2)12-14)22(18-6-5-11-23-13-18)24-21(26)10-9-20-16(3)25-27-17(20)4/h5-8,11-13,22H,9-10H2,1-4H3,(H,24,26). The Bertz CT molecular complexity index is 912. The highest BCUT2D eigenvalue weighted by atomic mass is 16.5. The maximum atomic E-state index is 12.7. The smallest absolute Gasteiger partial charge is 0.221 e. The Morgan fingerprint density at radius 2 is 2.00 bits per heavy atom. The van der Waals surface area contributed by atoms with Crippen molar-refractivity contribution in [2.75, 3.05) is 0 Å². The molecular weight excluding hydrogens is 338 g/mol. The van der Waals surface area contributed by atoms with Gasteiger partial charge in [0, 0.05) is 24.4 Å². The number of nitrogens with one attached hydrogen (secondary N) is 1. The zero-order valence-electron chi connectivity index (χ0n) is 16.2. The molecule has 0 aliphatic carbocycles. The highest BCUT2D eigenvalue weighted by Gasteiger charge is 2.20. The fourth-order valence-corrected chi connectivity index (χ4v) is 3.37. The Labute approximate surface area is 159 Å². The van der Waals surface area contributed by atoms with Gasteiger partial charge >= 0.3 is 0 Å². The highest BCUT2D eigenvalue weighted by Crippen LogP contribution is 2.25. The first kappa shape index (κ1) is 18.8. The lowest BCUT2D eigenvalue weighted by Crippen LogP contribution is -2.30. The van der Waals surface area contributed by atoms with Crippen molar-refractivity contribution >= 4 is 5.91 Å². The Morgan fingerprint density at radius 3 is 2.63 bits per heavy atom. The van der Waals surface area contributed by atoms with Gasteiger partial charge in [0.15, 0.2) is 0 Å². The van der Waals surface area contributed by atoms with Crippen molar-refractivity contribution < 1.29 is 9.32 Å². The van der Waals surface area contributed by atoms with Crippen LogP contribution in [0.3, 0.4) is 0 Å². The van der Waals surface area contributed by atoms with E-state index in [4.69, 9.17) is 4.52 Å². The second-order valence-electron chi connectivity index (χ2n) is 6.95. The lowest BCUT2D eigenvalue weighted by Gasteiger charge is -2.22. The van der Waals surface area contributed by atoms with Crippen LogP contribution >= 0.6 is 0 Å². The van der Waals surface area contributed by atoms with E-state index in [1.165, 1.54) is 5.56 Å². The Hall–Kier alpha value is -2.95. The Balaban J connectivity index is 1.80. The quantitative estimate of drug-likeness (QED) is 0.715. The van der Waals surface area contributed by atoms with E-state index in [2.05, 4.69) is 47.5 Å². The molecule has 0 spiro atoms. The summed E-state index contributed by atoms with van der Waals surface area (Å²) in [5.74, 6) is 0.766. The van der Waals surface area contributed by atoms with Gasteiger partial charge < -0.3 is 9.84 Å². The van der Waals surface area contributed by atoms with Gasteiger partial charge in [-0.05, 0) is 56.9 Å². The Morgan fingerprint density at radius 1 is 1.19 bits per heavy atom. The van der Waals surface area contributed by atoms with Crippen molar-refractivity contribution in [3.05, 3.63) is 82.0 Å². The van der Waals surface area contributed by atoms with Gasteiger partial charge in [0.05, 0.1) is 11.7 Å². The maximum Gasteiger partial charge on any atom is 0.221 e. The minimum Gasteiger partial charge on any atom is -0.361 e. The van der Waals surface area contributed by atoms with Gasteiger partial charge in [-0.1, -0.05) is 35.0 Å². The molecule has 0 fully saturated rings. The second-order valence-corrected chi connectivity index (χ2v) is 6.95. The van der Waals surface area contributed by atoms with E-state index < -0.39 is 0 Å². The molecule has 1 aromatic carbocycles. The summed E-state index contributed by atoms with van der Waals surface area (Å²) in [7, 11) is 0. The summed E-state index contributed by atoms with van der Waals surface area (Å²) in [6.45, 7) is 7.92. The van der Waals surface area contributed by atoms with E-state index in [0.717, 1.165) is 33.7 Å². The highest BCUT2D eigenvalue weighted by molar-refractivity contribution is 5.77. The van der Waals surface area contributed by atoms with E-state index >= 15 is 0 Å². The van der Waals surface area contributed by atoms with E-state index in [9.17, 15) is 4.79 Å². The zero-order valence-corrected chi connectivity index (χ0v) is 16.2. The van der Waals surface area contributed by atoms with Crippen LogP contribution in [0.15, 0.2) is 47.2 Å². The number of carbonyl (C=O) groups is 1. The van der Waals surface area contributed by atoms with Crippen LogP contribution in [0.2, 0.25) is 0 Å². The van der Waals surface area contributed by atoms with Crippen molar-refractivity contribution in [3.63, 3.8) is 0 Å². The van der Waals surface area contributed by atoms with Crippen molar-refractivity contribution in [2.24, 2.45) is 0 Å². The van der Waals surface area contributed by atoms with Crippen LogP contribution in [0.5, 0.6) is 0 Å². The minimum atomic E-state index is -0.225. The number of nitrogens with zero attached hydrogens (tertiary/aromatic N) is 2. The van der Waals surface area contributed by atoms with E-state index in [0.29, 0.717) is 12.8 Å². The molecule has 5 heteroatoms. The summed E-state index contributed by atoms with van der Waals surface area (Å²) in [6, 6.07) is 9.94. The third kappa shape index (κ3) is 4.42. The topological polar surface area (TPSA) is 68.0 Å². The normalized spacial score (nSPS) is 12.0. The molecule has 5 nitrogen and oxygen atoms in total. The number of hydrogen-bond donors (Lipinski definition) is 1. The monoisotopic (exact) mass is 363 g/mol. The Kier molecular flexibility index (Phi) is 5.69. The number of benzene rings is 1. The largest absolute Gasteiger partial charge is 0.361 e. The predicted molar refractivity (Wildman–Crippen MR) is 104 cm³/mol. The molecule has 1 N–H and O–H groups in total. The molecule has 0 aliphatic rings. The van der Waals surface area contributed by atoms with Crippen LogP contribution in [0.4, 0.5) is 0 Å². The van der Waals surface area contributed by atoms with Gasteiger partial charge in [-0.2, -0.15) is 0 Å². The third-order valence-corrected chi connectivity index (χ3v) is 4.84. The molecule has 0 aliphatic heterocycles. The maximum absolute atomic E-state index is 12.7. The summed E-state index contributed by atoms with van der Waals surface area (Å²) < 4.78 is 5.18. The molecule has 0 radical (unpaired) electrons. The lowest BCUT2D eigenvalue weighted by molar-refractivity contribution is -0.121. The number of rotatable bonds is 6. The molecule has 1 atom stereocenters. The second kappa shape index (κ2) is 8.16. The molecule has 2 aromatic heterocycles. The van der Waals surface area contributed by atoms with Gasteiger partial charge in [-0.3, -0.25) is 9.78 Å². The number of pyridine rings is 1. The SMILES string of the molecule is Cc1ccc(C(NC(=O)CCc2c(C)noc2C)c2cccnc2)c(C)c1. The van der Waals surface area contributed by atoms with Gasteiger partial charge in [0.1, 0.15) is 5.76 Å². The molecule has 1 unspecified atom stereocenters. The average Bonchev–Trinajstić information content (AvgIpc) is 2.97. The average molecular weight is 363 g/mol. The lowest BCUT2D eigenvalue weighted by atomic mass is 9.94. The summed E-state index contributed by atoms with van der Waals surface area (Å²) in [6.07, 6.45) is 4.53. The van der Waals surface area contributed by atoms with Crippen LogP contribution in [0.25, 0.3) is 0 Å². The minimum absolute atomic E-state index is 0.0103. The summed E-state index contributed by atoms with van der Waals surface area (Å²) in [4.78, 5) is 16.9. The summed E-state index contributed by atoms with van der Waals surface area (Å²) >= 11 is 0. The van der Waals surface area contributed by atoms with Crippen LogP contribution in [-0.2, 0) is 11.2 Å². The number of hydrogen-bond acceptors (Lipinski definition) is 4. The molecule has 0 bridgehead atoms. The third-order valence-electron chi connectivity index (χ3n) is 4.84. The number of aromatic nitrogens is 2. The first-order valence-corrected chi connectivity index (χ1v) is 9.14. The molecule has 140 valence electrons. The van der Waals surface area contributed by atoms with Crippen LogP contribution in [-0.4, -0.2) is 16.0 Å². The van der Waals surface area contributed by atoms with Gasteiger partial charge in [0.25, 0.3) is 0 Å². The van der Waals surface area contributed by atoms with Crippen molar-refractivity contribution in [2.45, 2.75) is 46.6 Å². The van der Waals surface area contributed by atoms with E-state index in [-0.39, 0.29) is 11.9 Å². The van der Waals surface area contributed by atoms with Crippen LogP contribution in [0.1, 0.15) is 51.7 Å². The fraction of sp³-hybridized carbons (Fsp3) is 0.318. The first-order chi connectivity index (χ1) is 13.0. The van der Waals surface area contributed by atoms with Crippen molar-refractivity contribution in [1.82, 2.24) is 15.5 Å². The van der Waals surface area contributed by atoms with Crippen molar-refractivity contribution in [1.29, 1.82) is 0 Å². The molecular formula is C22H25N3O2.